The van der Waals surface area contributed by atoms with Crippen LogP contribution in [0, 0.1) is 18.3 Å². The van der Waals surface area contributed by atoms with E-state index in [0.717, 1.165) is 10.2 Å². The number of anilines is 1. The van der Waals surface area contributed by atoms with Crippen LogP contribution < -0.4 is 21.2 Å². The van der Waals surface area contributed by atoms with Gasteiger partial charge in [-0.25, -0.2) is 4.68 Å². The number of nitrogens with one attached hydrogen (secondary N) is 2. The van der Waals surface area contributed by atoms with Crippen LogP contribution in [-0.4, -0.2) is 15.7 Å². The molecule has 0 spiro atoms. The molecule has 1 heterocycles. The summed E-state index contributed by atoms with van der Waals surface area (Å²) in [7, 11) is 0. The number of rotatable bonds is 6. The average Bonchev–Trinajstić information content (AvgIpc) is 2.83. The zero-order valence-corrected chi connectivity index (χ0v) is 17.8. The van der Waals surface area contributed by atoms with Gasteiger partial charge in [0.1, 0.15) is 11.5 Å². The van der Waals surface area contributed by atoms with E-state index in [-0.39, 0.29) is 30.0 Å². The number of nitrogens with zero attached hydrogens (tertiary/aromatic N) is 2. The predicted octanol–water partition coefficient (Wildman–Crippen LogP) is 3.69. The summed E-state index contributed by atoms with van der Waals surface area (Å²) in [5.41, 5.74) is 1.24. The Labute approximate surface area is 188 Å². The summed E-state index contributed by atoms with van der Waals surface area (Å²) in [6.07, 6.45) is 0.0110. The van der Waals surface area contributed by atoms with E-state index in [9.17, 15) is 14.4 Å². The highest BCUT2D eigenvalue weighted by Crippen LogP contribution is 2.26. The molecule has 0 aliphatic rings. The van der Waals surface area contributed by atoms with Gasteiger partial charge >= 0.3 is 0 Å². The van der Waals surface area contributed by atoms with Gasteiger partial charge in [-0.2, -0.15) is 5.26 Å². The molecule has 4 aromatic rings. The minimum Gasteiger partial charge on any atom is -0.457 e. The van der Waals surface area contributed by atoms with Gasteiger partial charge in [0.2, 0.25) is 5.91 Å². The number of fused-ring (bicyclic) bond motifs is 1. The van der Waals surface area contributed by atoms with E-state index < -0.39 is 0 Å². The first kappa shape index (κ1) is 21.6. The molecule has 0 radical (unpaired) electrons. The molecule has 8 nitrogen and oxygen atoms in total. The summed E-state index contributed by atoms with van der Waals surface area (Å²) in [6.45, 7) is 1.89. The van der Waals surface area contributed by atoms with Gasteiger partial charge in [-0.3, -0.25) is 19.5 Å². The van der Waals surface area contributed by atoms with Crippen molar-refractivity contribution >= 4 is 22.4 Å². The van der Waals surface area contributed by atoms with E-state index in [1.165, 1.54) is 0 Å². The Bertz CT molecular complexity index is 1490. The molecule has 0 unspecified atom stereocenters. The Hall–Kier alpha value is -4.64. The molecule has 4 rings (SSSR count). The predicted molar refractivity (Wildman–Crippen MR) is 124 cm³/mol. The molecule has 0 fully saturated rings. The van der Waals surface area contributed by atoms with Crippen molar-refractivity contribution in [2.45, 2.75) is 19.9 Å². The summed E-state index contributed by atoms with van der Waals surface area (Å²) >= 11 is 0. The van der Waals surface area contributed by atoms with Crippen molar-refractivity contribution in [1.82, 2.24) is 9.78 Å². The molecular weight excluding hydrogens is 420 g/mol. The number of H-pyrrole nitrogens is 1. The van der Waals surface area contributed by atoms with Gasteiger partial charge in [0.25, 0.3) is 11.1 Å². The van der Waals surface area contributed by atoms with E-state index in [0.29, 0.717) is 33.5 Å². The van der Waals surface area contributed by atoms with Crippen molar-refractivity contribution in [3.8, 4) is 17.6 Å². The Morgan fingerprint density at radius 3 is 2.42 bits per heavy atom. The monoisotopic (exact) mass is 440 g/mol. The van der Waals surface area contributed by atoms with Gasteiger partial charge in [-0.15, -0.1) is 0 Å². The molecule has 1 aromatic heterocycles. The lowest BCUT2D eigenvalue weighted by Gasteiger charge is -2.12. The van der Waals surface area contributed by atoms with Gasteiger partial charge in [-0.05, 0) is 67.1 Å². The van der Waals surface area contributed by atoms with Gasteiger partial charge < -0.3 is 10.1 Å². The number of aryl methyl sites for hydroxylation is 2. The number of aromatic amines is 1. The summed E-state index contributed by atoms with van der Waals surface area (Å²) in [6, 6.07) is 20.6. The van der Waals surface area contributed by atoms with Gasteiger partial charge in [0.15, 0.2) is 0 Å². The quantitative estimate of drug-likeness (QED) is 0.474. The lowest BCUT2D eigenvalue weighted by atomic mass is 10.2. The normalized spacial score (nSPS) is 10.5. The molecule has 164 valence electrons. The molecule has 0 saturated carbocycles. The average molecular weight is 440 g/mol. The molecule has 0 bridgehead atoms. The second-order valence-corrected chi connectivity index (χ2v) is 7.46. The fraction of sp³-hybridized carbons (Fsp3) is 0.120. The third-order valence-electron chi connectivity index (χ3n) is 5.14. The van der Waals surface area contributed by atoms with Crippen LogP contribution >= 0.6 is 0 Å². The smallest absolute Gasteiger partial charge is 0.273 e. The Balaban J connectivity index is 1.41. The van der Waals surface area contributed by atoms with Crippen LogP contribution in [0.5, 0.6) is 11.5 Å². The second-order valence-electron chi connectivity index (χ2n) is 7.46. The third kappa shape index (κ3) is 4.83. The van der Waals surface area contributed by atoms with Crippen molar-refractivity contribution in [2.24, 2.45) is 0 Å². The number of hydrogen-bond acceptors (Lipinski definition) is 5. The summed E-state index contributed by atoms with van der Waals surface area (Å²) < 4.78 is 6.95. The van der Waals surface area contributed by atoms with Crippen LogP contribution in [0.3, 0.4) is 0 Å². The standard InChI is InChI=1S/C25H20N4O4/c1-16-14-19(33-18-8-6-17(15-26)7-9-18)10-11-22(16)27-23(30)12-13-29-25(32)21-5-3-2-4-20(21)24(31)28-29/h2-11,14H,12-13H2,1H3,(H,27,30)(H,28,31). The summed E-state index contributed by atoms with van der Waals surface area (Å²) in [5.74, 6) is 0.898. The van der Waals surface area contributed by atoms with Crippen LogP contribution in [0.25, 0.3) is 10.8 Å². The molecule has 0 atom stereocenters. The molecule has 8 heteroatoms. The zero-order chi connectivity index (χ0) is 23.4. The van der Waals surface area contributed by atoms with Crippen LogP contribution in [-0.2, 0) is 11.3 Å². The number of hydrogen-bond donors (Lipinski definition) is 2. The molecule has 0 aliphatic heterocycles. The Morgan fingerprint density at radius 2 is 1.73 bits per heavy atom. The molecule has 0 saturated heterocycles. The van der Waals surface area contributed by atoms with E-state index in [2.05, 4.69) is 16.5 Å². The molecule has 2 N–H and O–H groups in total. The molecule has 0 aliphatic carbocycles. The molecular formula is C25H20N4O4. The largest absolute Gasteiger partial charge is 0.457 e. The molecule has 1 amide bonds. The van der Waals surface area contributed by atoms with Gasteiger partial charge in [0.05, 0.1) is 28.9 Å². The number of benzene rings is 3. The van der Waals surface area contributed by atoms with Crippen LogP contribution in [0.2, 0.25) is 0 Å². The number of amides is 1. The van der Waals surface area contributed by atoms with E-state index in [4.69, 9.17) is 10.00 Å². The van der Waals surface area contributed by atoms with Crippen molar-refractivity contribution in [3.63, 3.8) is 0 Å². The van der Waals surface area contributed by atoms with E-state index in [1.54, 1.807) is 66.7 Å². The number of carbonyl (C=O) groups excluding carboxylic acids is 1. The maximum atomic E-state index is 12.6. The first-order valence-corrected chi connectivity index (χ1v) is 10.2. The van der Waals surface area contributed by atoms with Gasteiger partial charge in [-0.1, -0.05) is 12.1 Å². The lowest BCUT2D eigenvalue weighted by Crippen LogP contribution is -2.31. The molecule has 33 heavy (non-hydrogen) atoms. The highest BCUT2D eigenvalue weighted by molar-refractivity contribution is 5.91. The first-order chi connectivity index (χ1) is 15.9. The highest BCUT2D eigenvalue weighted by atomic mass is 16.5. The third-order valence-corrected chi connectivity index (χ3v) is 5.14. The zero-order valence-electron chi connectivity index (χ0n) is 17.8. The van der Waals surface area contributed by atoms with Gasteiger partial charge in [0, 0.05) is 12.1 Å². The van der Waals surface area contributed by atoms with Crippen LogP contribution in [0.4, 0.5) is 5.69 Å². The lowest BCUT2D eigenvalue weighted by molar-refractivity contribution is -0.116. The second kappa shape index (κ2) is 9.24. The van der Waals surface area contributed by atoms with Crippen LogP contribution in [0.1, 0.15) is 17.5 Å². The Kier molecular flexibility index (Phi) is 6.04. The maximum absolute atomic E-state index is 12.6. The Morgan fingerprint density at radius 1 is 1.03 bits per heavy atom. The topological polar surface area (TPSA) is 117 Å². The van der Waals surface area contributed by atoms with Crippen molar-refractivity contribution in [3.05, 3.63) is 98.6 Å². The van der Waals surface area contributed by atoms with Crippen molar-refractivity contribution in [2.75, 3.05) is 5.32 Å². The first-order valence-electron chi connectivity index (χ1n) is 10.2. The van der Waals surface area contributed by atoms with Crippen LogP contribution in [0.15, 0.2) is 76.3 Å². The van der Waals surface area contributed by atoms with E-state index >= 15 is 0 Å². The number of nitriles is 1. The minimum absolute atomic E-state index is 0.0110. The number of aromatic nitrogens is 2. The van der Waals surface area contributed by atoms with E-state index in [1.807, 2.05) is 6.92 Å². The fourth-order valence-electron chi connectivity index (χ4n) is 3.40. The number of carbonyl (C=O) groups is 1. The number of ether oxygens (including phenoxy) is 1. The highest BCUT2D eigenvalue weighted by Gasteiger charge is 2.10. The van der Waals surface area contributed by atoms with Crippen molar-refractivity contribution in [1.29, 1.82) is 5.26 Å². The molecule has 3 aromatic carbocycles. The van der Waals surface area contributed by atoms with Crippen molar-refractivity contribution < 1.29 is 9.53 Å². The minimum atomic E-state index is -0.376. The maximum Gasteiger partial charge on any atom is 0.273 e. The fourth-order valence-corrected chi connectivity index (χ4v) is 3.40. The SMILES string of the molecule is Cc1cc(Oc2ccc(C#N)cc2)ccc1NC(=O)CCn1[nH]c(=O)c2ccccc2c1=O. The summed E-state index contributed by atoms with van der Waals surface area (Å²) in [4.78, 5) is 37.2. The summed E-state index contributed by atoms with van der Waals surface area (Å²) in [5, 5.41) is 14.8.